The molecule has 1 aliphatic rings. The molecular weight excluding hydrogens is 206 g/mol. The topological polar surface area (TPSA) is 66.3 Å². The van der Waals surface area contributed by atoms with E-state index in [1.165, 1.54) is 6.33 Å². The Kier molecular flexibility index (Phi) is 2.77. The number of carboxylic acid groups (broad SMARTS) is 1. The lowest BCUT2D eigenvalue weighted by Gasteiger charge is -2.16. The van der Waals surface area contributed by atoms with Gasteiger partial charge >= 0.3 is 5.97 Å². The van der Waals surface area contributed by atoms with Crippen LogP contribution in [0.5, 0.6) is 0 Å². The normalized spacial score (nSPS) is 24.8. The smallest absolute Gasteiger partial charge is 0.308 e. The van der Waals surface area contributed by atoms with E-state index in [-0.39, 0.29) is 11.8 Å². The third-order valence-electron chi connectivity index (χ3n) is 3.04. The molecule has 1 N–H and O–H groups in total. The van der Waals surface area contributed by atoms with Gasteiger partial charge in [0.25, 0.3) is 0 Å². The van der Waals surface area contributed by atoms with E-state index >= 15 is 0 Å². The largest absolute Gasteiger partial charge is 0.481 e. The molecule has 0 spiro atoms. The number of hydrogen-bond donors (Lipinski definition) is 1. The van der Waals surface area contributed by atoms with Crippen LogP contribution >= 0.6 is 0 Å². The number of nitrogens with zero attached hydrogens (tertiary/aromatic N) is 3. The van der Waals surface area contributed by atoms with Crippen molar-refractivity contribution in [3.05, 3.63) is 18.1 Å². The first-order valence-corrected chi connectivity index (χ1v) is 5.34. The fourth-order valence-electron chi connectivity index (χ4n) is 2.09. The van der Waals surface area contributed by atoms with Crippen LogP contribution in [0.25, 0.3) is 0 Å². The molecule has 0 unspecified atom stereocenters. The van der Waals surface area contributed by atoms with Gasteiger partial charge in [0.1, 0.15) is 12.1 Å². The molecule has 0 bridgehead atoms. The Bertz CT molecular complexity index is 408. The Balaban J connectivity index is 2.16. The van der Waals surface area contributed by atoms with Crippen molar-refractivity contribution in [2.24, 2.45) is 11.8 Å². The van der Waals surface area contributed by atoms with Crippen molar-refractivity contribution in [3.8, 4) is 0 Å². The van der Waals surface area contributed by atoms with Gasteiger partial charge in [0.2, 0.25) is 0 Å². The highest BCUT2D eigenvalue weighted by atomic mass is 16.4. The fourth-order valence-corrected chi connectivity index (χ4v) is 2.09. The number of aliphatic carboxylic acids is 1. The molecule has 1 fully saturated rings. The first-order chi connectivity index (χ1) is 7.58. The van der Waals surface area contributed by atoms with E-state index in [0.717, 1.165) is 18.1 Å². The number of hydrogen-bond acceptors (Lipinski definition) is 4. The minimum absolute atomic E-state index is 0.160. The third-order valence-corrected chi connectivity index (χ3v) is 3.04. The summed E-state index contributed by atoms with van der Waals surface area (Å²) in [5.74, 6) is -0.0353. The molecule has 16 heavy (non-hydrogen) atoms. The van der Waals surface area contributed by atoms with Crippen molar-refractivity contribution < 1.29 is 9.90 Å². The standard InChI is InChI=1S/C11H15N3O2/c1-7-4-14(5-9(7)11(15)16)10-3-8(2)12-6-13-10/h3,6-7,9H,4-5H2,1-2H3,(H,15,16)/t7-,9-/m1/s1. The van der Waals surface area contributed by atoms with E-state index in [4.69, 9.17) is 5.11 Å². The number of aromatic nitrogens is 2. The second-order valence-electron chi connectivity index (χ2n) is 4.34. The zero-order valence-corrected chi connectivity index (χ0v) is 9.42. The lowest BCUT2D eigenvalue weighted by atomic mass is 9.99. The molecule has 1 saturated heterocycles. The first-order valence-electron chi connectivity index (χ1n) is 5.34. The highest BCUT2D eigenvalue weighted by Crippen LogP contribution is 2.26. The van der Waals surface area contributed by atoms with Gasteiger partial charge < -0.3 is 10.0 Å². The number of carboxylic acids is 1. The zero-order valence-electron chi connectivity index (χ0n) is 9.42. The van der Waals surface area contributed by atoms with Crippen LogP contribution in [0.2, 0.25) is 0 Å². The Morgan fingerprint density at radius 2 is 2.25 bits per heavy atom. The van der Waals surface area contributed by atoms with E-state index in [1.807, 2.05) is 24.8 Å². The monoisotopic (exact) mass is 221 g/mol. The molecule has 5 nitrogen and oxygen atoms in total. The van der Waals surface area contributed by atoms with Crippen LogP contribution in [0.4, 0.5) is 5.82 Å². The van der Waals surface area contributed by atoms with Gasteiger partial charge in [0, 0.05) is 24.8 Å². The highest BCUT2D eigenvalue weighted by molar-refractivity contribution is 5.72. The van der Waals surface area contributed by atoms with Gasteiger partial charge in [-0.15, -0.1) is 0 Å². The first kappa shape index (κ1) is 10.9. The van der Waals surface area contributed by atoms with Crippen LogP contribution in [0.15, 0.2) is 12.4 Å². The molecule has 0 radical (unpaired) electrons. The molecule has 0 aromatic carbocycles. The zero-order chi connectivity index (χ0) is 11.7. The van der Waals surface area contributed by atoms with Crippen LogP contribution in [0.3, 0.4) is 0 Å². The Labute approximate surface area is 94.1 Å². The molecular formula is C11H15N3O2. The van der Waals surface area contributed by atoms with Crippen molar-refractivity contribution in [3.63, 3.8) is 0 Å². The predicted octanol–water partition coefficient (Wildman–Crippen LogP) is 0.942. The minimum Gasteiger partial charge on any atom is -0.481 e. The number of anilines is 1. The molecule has 0 aliphatic carbocycles. The fraction of sp³-hybridized carbons (Fsp3) is 0.545. The van der Waals surface area contributed by atoms with Gasteiger partial charge in [-0.1, -0.05) is 6.92 Å². The third kappa shape index (κ3) is 1.98. The average Bonchev–Trinajstić information content (AvgIpc) is 2.60. The molecule has 2 heterocycles. The van der Waals surface area contributed by atoms with Crippen molar-refractivity contribution in [2.45, 2.75) is 13.8 Å². The molecule has 2 rings (SSSR count). The van der Waals surface area contributed by atoms with Crippen molar-refractivity contribution in [1.29, 1.82) is 0 Å². The van der Waals surface area contributed by atoms with E-state index < -0.39 is 5.97 Å². The summed E-state index contributed by atoms with van der Waals surface area (Å²) >= 11 is 0. The van der Waals surface area contributed by atoms with Crippen LogP contribution < -0.4 is 4.90 Å². The van der Waals surface area contributed by atoms with E-state index in [1.54, 1.807) is 0 Å². The SMILES string of the molecule is Cc1cc(N2C[C@@H](C)[C@H](C(=O)O)C2)ncn1. The summed E-state index contributed by atoms with van der Waals surface area (Å²) in [7, 11) is 0. The maximum atomic E-state index is 11.0. The van der Waals surface area contributed by atoms with E-state index in [2.05, 4.69) is 9.97 Å². The average molecular weight is 221 g/mol. The number of aryl methyl sites for hydroxylation is 1. The van der Waals surface area contributed by atoms with Gasteiger partial charge in [-0.3, -0.25) is 4.79 Å². The Morgan fingerprint density at radius 1 is 1.50 bits per heavy atom. The summed E-state index contributed by atoms with van der Waals surface area (Å²) in [6, 6.07) is 1.89. The summed E-state index contributed by atoms with van der Waals surface area (Å²) in [4.78, 5) is 21.2. The van der Waals surface area contributed by atoms with Crippen molar-refractivity contribution in [2.75, 3.05) is 18.0 Å². The Hall–Kier alpha value is -1.65. The highest BCUT2D eigenvalue weighted by Gasteiger charge is 2.35. The summed E-state index contributed by atoms with van der Waals surface area (Å²) in [5.41, 5.74) is 0.899. The van der Waals surface area contributed by atoms with Gasteiger partial charge in [-0.25, -0.2) is 9.97 Å². The van der Waals surface area contributed by atoms with E-state index in [9.17, 15) is 4.79 Å². The molecule has 5 heteroatoms. The second kappa shape index (κ2) is 4.08. The molecule has 1 aromatic heterocycles. The van der Waals surface area contributed by atoms with Crippen LogP contribution in [-0.4, -0.2) is 34.1 Å². The quantitative estimate of drug-likeness (QED) is 0.805. The molecule has 86 valence electrons. The molecule has 0 saturated carbocycles. The molecule has 1 aliphatic heterocycles. The lowest BCUT2D eigenvalue weighted by Crippen LogP contribution is -2.23. The van der Waals surface area contributed by atoms with Crippen molar-refractivity contribution >= 4 is 11.8 Å². The van der Waals surface area contributed by atoms with Gasteiger partial charge in [-0.2, -0.15) is 0 Å². The van der Waals surface area contributed by atoms with Gasteiger partial charge in [-0.05, 0) is 12.8 Å². The second-order valence-corrected chi connectivity index (χ2v) is 4.34. The van der Waals surface area contributed by atoms with Crippen molar-refractivity contribution in [1.82, 2.24) is 9.97 Å². The number of carbonyl (C=O) groups is 1. The molecule has 2 atom stereocenters. The predicted molar refractivity (Wildman–Crippen MR) is 59.3 cm³/mol. The number of rotatable bonds is 2. The van der Waals surface area contributed by atoms with Crippen LogP contribution in [0, 0.1) is 18.8 Å². The van der Waals surface area contributed by atoms with Gasteiger partial charge in [0.05, 0.1) is 5.92 Å². The minimum atomic E-state index is -0.722. The maximum Gasteiger partial charge on any atom is 0.308 e. The summed E-state index contributed by atoms with van der Waals surface area (Å²) in [5, 5.41) is 9.04. The summed E-state index contributed by atoms with van der Waals surface area (Å²) in [6.07, 6.45) is 1.52. The molecule has 0 amide bonds. The summed E-state index contributed by atoms with van der Waals surface area (Å²) in [6.45, 7) is 5.15. The van der Waals surface area contributed by atoms with Crippen LogP contribution in [0.1, 0.15) is 12.6 Å². The molecule has 1 aromatic rings. The summed E-state index contributed by atoms with van der Waals surface area (Å²) < 4.78 is 0. The van der Waals surface area contributed by atoms with Gasteiger partial charge in [0.15, 0.2) is 0 Å². The lowest BCUT2D eigenvalue weighted by molar-refractivity contribution is -0.142. The maximum absolute atomic E-state index is 11.0. The van der Waals surface area contributed by atoms with E-state index in [0.29, 0.717) is 6.54 Å². The Morgan fingerprint density at radius 3 is 2.81 bits per heavy atom. The van der Waals surface area contributed by atoms with Crippen LogP contribution in [-0.2, 0) is 4.79 Å².